The lowest BCUT2D eigenvalue weighted by atomic mass is 9.68. The zero-order valence-corrected chi connectivity index (χ0v) is 18.9. The number of benzene rings is 5. The molecule has 34 heavy (non-hydrogen) atoms. The van der Waals surface area contributed by atoms with Crippen molar-refractivity contribution in [2.24, 2.45) is 0 Å². The average molecular weight is 436 g/mol. The van der Waals surface area contributed by atoms with Gasteiger partial charge in [-0.05, 0) is 38.9 Å². The van der Waals surface area contributed by atoms with Crippen LogP contribution in [0.1, 0.15) is 38.9 Å². The van der Waals surface area contributed by atoms with Crippen molar-refractivity contribution in [1.29, 1.82) is 0 Å². The van der Waals surface area contributed by atoms with Gasteiger partial charge in [-0.25, -0.2) is 0 Å². The summed E-state index contributed by atoms with van der Waals surface area (Å²) in [6.45, 7) is 0.841. The summed E-state index contributed by atoms with van der Waals surface area (Å²) in [6, 6.07) is 51.3. The summed E-state index contributed by atoms with van der Waals surface area (Å²) in [5, 5.41) is 0. The van der Waals surface area contributed by atoms with Gasteiger partial charge in [-0.1, -0.05) is 140 Å². The molecule has 0 unspecified atom stereocenters. The Balaban J connectivity index is 1.65. The van der Waals surface area contributed by atoms with Gasteiger partial charge < -0.3 is 0 Å². The Hall–Kier alpha value is -3.94. The molecule has 1 heteroatoms. The minimum Gasteiger partial charge on any atom is -0.264 e. The third-order valence-electron chi connectivity index (χ3n) is 7.79. The van der Waals surface area contributed by atoms with Crippen LogP contribution in [0.2, 0.25) is 0 Å². The quantitative estimate of drug-likeness (QED) is 0.291. The van der Waals surface area contributed by atoms with Gasteiger partial charge in [0.25, 0.3) is 0 Å². The first-order valence-electron chi connectivity index (χ1n) is 12.0. The van der Waals surface area contributed by atoms with Crippen LogP contribution in [0.15, 0.2) is 140 Å². The molecular weight excluding hydrogens is 410 g/mol. The molecule has 0 saturated heterocycles. The van der Waals surface area contributed by atoms with E-state index in [1.807, 2.05) is 0 Å². The number of hydrogen-bond donors (Lipinski definition) is 0. The molecule has 1 nitrogen and oxygen atoms in total. The molecule has 0 radical (unpaired) electrons. The molecule has 2 aliphatic rings. The standard InChI is InChI=1S/C33H25N/c1-4-14-25(15-5-1)24-34-32(26-16-6-2-7-17-26)28-20-10-12-22-30(28)33(34,27-18-8-3-9-19-27)31-23-13-11-21-29(31)32/h1-23H,24H2. The topological polar surface area (TPSA) is 3.24 Å². The van der Waals surface area contributed by atoms with E-state index in [4.69, 9.17) is 0 Å². The van der Waals surface area contributed by atoms with Gasteiger partial charge in [0.15, 0.2) is 0 Å². The average Bonchev–Trinajstić information content (AvgIpc) is 3.33. The number of nitrogens with zero attached hydrogens (tertiary/aromatic N) is 1. The van der Waals surface area contributed by atoms with Crippen molar-refractivity contribution in [1.82, 2.24) is 4.90 Å². The van der Waals surface area contributed by atoms with Crippen LogP contribution in [0.5, 0.6) is 0 Å². The van der Waals surface area contributed by atoms with E-state index in [0.29, 0.717) is 0 Å². The van der Waals surface area contributed by atoms with Crippen molar-refractivity contribution in [3.05, 3.63) is 178 Å². The van der Waals surface area contributed by atoms with E-state index >= 15 is 0 Å². The second-order valence-electron chi connectivity index (χ2n) is 9.32. The van der Waals surface area contributed by atoms with E-state index in [9.17, 15) is 0 Å². The highest BCUT2D eigenvalue weighted by Crippen LogP contribution is 2.67. The normalized spacial score (nSPS) is 22.4. The van der Waals surface area contributed by atoms with Crippen LogP contribution in [-0.4, -0.2) is 4.90 Å². The molecule has 0 amide bonds. The highest BCUT2D eigenvalue weighted by molar-refractivity contribution is 5.73. The van der Waals surface area contributed by atoms with Crippen molar-refractivity contribution in [2.45, 2.75) is 17.6 Å². The van der Waals surface area contributed by atoms with Crippen molar-refractivity contribution in [3.8, 4) is 0 Å². The minimum atomic E-state index is -0.361. The SMILES string of the molecule is c1ccc(CN2C3(c4ccccc4)c4ccccc4C2(c2ccccc2)c2ccccc23)cc1. The Morgan fingerprint density at radius 1 is 0.382 bits per heavy atom. The van der Waals surface area contributed by atoms with Crippen LogP contribution >= 0.6 is 0 Å². The maximum absolute atomic E-state index is 2.76. The maximum Gasteiger partial charge on any atom is 0.0995 e. The first kappa shape index (κ1) is 19.5. The molecule has 0 aliphatic carbocycles. The van der Waals surface area contributed by atoms with Crippen LogP contribution in [0.25, 0.3) is 0 Å². The second kappa shape index (κ2) is 7.28. The fraction of sp³-hybridized carbons (Fsp3) is 0.0909. The van der Waals surface area contributed by atoms with Crippen molar-refractivity contribution in [2.75, 3.05) is 0 Å². The minimum absolute atomic E-state index is 0.361. The van der Waals surface area contributed by atoms with Gasteiger partial charge in [0.05, 0.1) is 11.1 Å². The predicted molar refractivity (Wildman–Crippen MR) is 138 cm³/mol. The number of rotatable bonds is 4. The maximum atomic E-state index is 2.76. The number of hydrogen-bond acceptors (Lipinski definition) is 1. The smallest absolute Gasteiger partial charge is 0.0995 e. The van der Waals surface area contributed by atoms with Crippen LogP contribution in [-0.2, 0) is 17.6 Å². The lowest BCUT2D eigenvalue weighted by molar-refractivity contribution is 0.116. The highest BCUT2D eigenvalue weighted by atomic mass is 15.3. The van der Waals surface area contributed by atoms with Crippen molar-refractivity contribution < 1.29 is 0 Å². The van der Waals surface area contributed by atoms with E-state index < -0.39 is 0 Å². The molecule has 5 aromatic rings. The number of fused-ring (bicyclic) bond motifs is 8. The van der Waals surface area contributed by atoms with Gasteiger partial charge in [0.2, 0.25) is 0 Å². The van der Waals surface area contributed by atoms with Crippen molar-refractivity contribution >= 4 is 0 Å². The summed E-state index contributed by atoms with van der Waals surface area (Å²) in [6.07, 6.45) is 0. The van der Waals surface area contributed by atoms with Gasteiger partial charge in [-0.15, -0.1) is 0 Å². The zero-order chi connectivity index (χ0) is 22.6. The summed E-state index contributed by atoms with van der Waals surface area (Å²) in [7, 11) is 0. The van der Waals surface area contributed by atoms with Gasteiger partial charge >= 0.3 is 0 Å². The van der Waals surface area contributed by atoms with Gasteiger partial charge in [-0.3, -0.25) is 4.90 Å². The predicted octanol–water partition coefficient (Wildman–Crippen LogP) is 7.10. The molecule has 2 aliphatic heterocycles. The molecule has 2 heterocycles. The van der Waals surface area contributed by atoms with E-state index in [0.717, 1.165) is 6.54 Å². The van der Waals surface area contributed by atoms with Crippen molar-refractivity contribution in [3.63, 3.8) is 0 Å². The van der Waals surface area contributed by atoms with E-state index in [1.165, 1.54) is 38.9 Å². The first-order valence-corrected chi connectivity index (χ1v) is 12.0. The molecular formula is C33H25N. The Labute approximate surface area is 201 Å². The fourth-order valence-corrected chi connectivity index (χ4v) is 6.65. The van der Waals surface area contributed by atoms with Crippen LogP contribution in [0.4, 0.5) is 0 Å². The Morgan fingerprint density at radius 2 is 0.706 bits per heavy atom. The summed E-state index contributed by atoms with van der Waals surface area (Å²) in [5.74, 6) is 0. The molecule has 0 saturated carbocycles. The summed E-state index contributed by atoms with van der Waals surface area (Å²) >= 11 is 0. The Morgan fingerprint density at radius 3 is 1.09 bits per heavy atom. The zero-order valence-electron chi connectivity index (χ0n) is 18.9. The third-order valence-corrected chi connectivity index (χ3v) is 7.79. The Bertz CT molecular complexity index is 1330. The van der Waals surface area contributed by atoms with Gasteiger partial charge in [-0.2, -0.15) is 0 Å². The molecule has 2 bridgehead atoms. The highest BCUT2D eigenvalue weighted by Gasteiger charge is 2.67. The van der Waals surface area contributed by atoms with E-state index in [-0.39, 0.29) is 11.1 Å². The molecule has 0 spiro atoms. The molecule has 0 fully saturated rings. The second-order valence-corrected chi connectivity index (χ2v) is 9.32. The van der Waals surface area contributed by atoms with E-state index in [2.05, 4.69) is 144 Å². The molecule has 0 N–H and O–H groups in total. The summed E-state index contributed by atoms with van der Waals surface area (Å²) in [4.78, 5) is 2.76. The third kappa shape index (κ3) is 2.32. The van der Waals surface area contributed by atoms with Crippen LogP contribution in [0.3, 0.4) is 0 Å². The molecule has 162 valence electrons. The molecule has 5 aromatic carbocycles. The summed E-state index contributed by atoms with van der Waals surface area (Å²) in [5.41, 5.74) is 8.80. The lowest BCUT2D eigenvalue weighted by Gasteiger charge is -2.41. The fourth-order valence-electron chi connectivity index (χ4n) is 6.65. The Kier molecular flexibility index (Phi) is 4.18. The largest absolute Gasteiger partial charge is 0.264 e. The first-order chi connectivity index (χ1) is 16.9. The van der Waals surface area contributed by atoms with Gasteiger partial charge in [0.1, 0.15) is 0 Å². The van der Waals surface area contributed by atoms with Crippen LogP contribution < -0.4 is 0 Å². The van der Waals surface area contributed by atoms with Gasteiger partial charge in [0, 0.05) is 6.54 Å². The summed E-state index contributed by atoms with van der Waals surface area (Å²) < 4.78 is 0. The van der Waals surface area contributed by atoms with E-state index in [1.54, 1.807) is 0 Å². The van der Waals surface area contributed by atoms with Crippen LogP contribution in [0, 0.1) is 0 Å². The lowest BCUT2D eigenvalue weighted by Crippen LogP contribution is -2.46. The molecule has 0 aromatic heterocycles. The molecule has 7 rings (SSSR count). The molecule has 0 atom stereocenters. The monoisotopic (exact) mass is 435 g/mol.